The summed E-state index contributed by atoms with van der Waals surface area (Å²) < 4.78 is 5.20. The van der Waals surface area contributed by atoms with Gasteiger partial charge in [0.1, 0.15) is 12.0 Å². The first-order valence-electron chi connectivity index (χ1n) is 6.11. The van der Waals surface area contributed by atoms with Crippen molar-refractivity contribution in [2.45, 2.75) is 26.2 Å². The standard InChI is InChI=1S/C13H18BrNO2/c1-10-7-12(9-17-10)13(16)15-6-2-3-11(8-15)4-5-14/h7,9,11H,2-6,8H2,1H3. The number of carbonyl (C=O) groups excluding carboxylic acids is 1. The first kappa shape index (κ1) is 12.7. The summed E-state index contributed by atoms with van der Waals surface area (Å²) in [4.78, 5) is 14.2. The Hall–Kier alpha value is -0.770. The van der Waals surface area contributed by atoms with E-state index in [0.29, 0.717) is 11.5 Å². The summed E-state index contributed by atoms with van der Waals surface area (Å²) in [7, 11) is 0. The van der Waals surface area contributed by atoms with E-state index in [2.05, 4.69) is 15.9 Å². The van der Waals surface area contributed by atoms with E-state index in [0.717, 1.165) is 37.0 Å². The highest BCUT2D eigenvalue weighted by Crippen LogP contribution is 2.22. The minimum absolute atomic E-state index is 0.112. The van der Waals surface area contributed by atoms with Crippen LogP contribution in [0.1, 0.15) is 35.4 Å². The van der Waals surface area contributed by atoms with Gasteiger partial charge in [0, 0.05) is 18.4 Å². The highest BCUT2D eigenvalue weighted by Gasteiger charge is 2.24. The number of rotatable bonds is 3. The van der Waals surface area contributed by atoms with Gasteiger partial charge >= 0.3 is 0 Å². The first-order valence-corrected chi connectivity index (χ1v) is 7.23. The molecule has 1 unspecified atom stereocenters. The number of carbonyl (C=O) groups is 1. The van der Waals surface area contributed by atoms with Crippen LogP contribution in [0.3, 0.4) is 0 Å². The lowest BCUT2D eigenvalue weighted by molar-refractivity contribution is 0.0671. The Balaban J connectivity index is 1.99. The van der Waals surface area contributed by atoms with Crippen LogP contribution in [-0.2, 0) is 0 Å². The van der Waals surface area contributed by atoms with Crippen LogP contribution >= 0.6 is 15.9 Å². The number of piperidine rings is 1. The number of hydrogen-bond acceptors (Lipinski definition) is 2. The Labute approximate surface area is 110 Å². The fourth-order valence-electron chi connectivity index (χ4n) is 2.38. The monoisotopic (exact) mass is 299 g/mol. The molecular formula is C13H18BrNO2. The van der Waals surface area contributed by atoms with Crippen molar-refractivity contribution in [3.63, 3.8) is 0 Å². The van der Waals surface area contributed by atoms with Crippen molar-refractivity contribution < 1.29 is 9.21 Å². The van der Waals surface area contributed by atoms with E-state index >= 15 is 0 Å². The van der Waals surface area contributed by atoms with E-state index < -0.39 is 0 Å². The molecule has 0 bridgehead atoms. The van der Waals surface area contributed by atoms with Crippen LogP contribution < -0.4 is 0 Å². The normalized spacial score (nSPS) is 20.6. The van der Waals surface area contributed by atoms with E-state index in [1.807, 2.05) is 17.9 Å². The Morgan fingerprint density at radius 1 is 1.65 bits per heavy atom. The molecule has 1 aliphatic rings. The number of likely N-dealkylation sites (tertiary alicyclic amines) is 1. The molecule has 0 N–H and O–H groups in total. The molecule has 1 aromatic rings. The third-order valence-corrected chi connectivity index (χ3v) is 3.76. The largest absolute Gasteiger partial charge is 0.469 e. The van der Waals surface area contributed by atoms with Crippen LogP contribution in [0.15, 0.2) is 16.7 Å². The second kappa shape index (κ2) is 5.71. The van der Waals surface area contributed by atoms with E-state index in [9.17, 15) is 4.79 Å². The molecule has 3 nitrogen and oxygen atoms in total. The lowest BCUT2D eigenvalue weighted by Gasteiger charge is -2.32. The number of amides is 1. The summed E-state index contributed by atoms with van der Waals surface area (Å²) >= 11 is 3.47. The molecule has 0 aromatic carbocycles. The molecule has 0 radical (unpaired) electrons. The second-order valence-corrected chi connectivity index (χ2v) is 5.48. The number of furan rings is 1. The van der Waals surface area contributed by atoms with Crippen LogP contribution in [0.2, 0.25) is 0 Å². The number of alkyl halides is 1. The lowest BCUT2D eigenvalue weighted by atomic mass is 9.95. The molecule has 2 heterocycles. The van der Waals surface area contributed by atoms with Crippen LogP contribution in [0.25, 0.3) is 0 Å². The Morgan fingerprint density at radius 2 is 2.47 bits per heavy atom. The second-order valence-electron chi connectivity index (χ2n) is 4.68. The van der Waals surface area contributed by atoms with Gasteiger partial charge in [-0.1, -0.05) is 15.9 Å². The summed E-state index contributed by atoms with van der Waals surface area (Å²) in [6, 6.07) is 1.82. The predicted molar refractivity (Wildman–Crippen MR) is 70.5 cm³/mol. The van der Waals surface area contributed by atoms with Gasteiger partial charge in [-0.25, -0.2) is 0 Å². The molecule has 1 fully saturated rings. The quantitative estimate of drug-likeness (QED) is 0.803. The van der Waals surface area contributed by atoms with E-state index in [-0.39, 0.29) is 5.91 Å². The molecule has 0 spiro atoms. The summed E-state index contributed by atoms with van der Waals surface area (Å²) in [5, 5.41) is 1.02. The summed E-state index contributed by atoms with van der Waals surface area (Å²) in [5.74, 6) is 1.54. The van der Waals surface area contributed by atoms with Crippen molar-refractivity contribution >= 4 is 21.8 Å². The molecule has 0 aliphatic carbocycles. The van der Waals surface area contributed by atoms with Gasteiger partial charge in [0.25, 0.3) is 5.91 Å². The van der Waals surface area contributed by atoms with Gasteiger partial charge in [0.2, 0.25) is 0 Å². The van der Waals surface area contributed by atoms with Crippen LogP contribution in [0.5, 0.6) is 0 Å². The average molecular weight is 300 g/mol. The maximum absolute atomic E-state index is 12.2. The Morgan fingerprint density at radius 3 is 3.12 bits per heavy atom. The SMILES string of the molecule is Cc1cc(C(=O)N2CCCC(CCBr)C2)co1. The fourth-order valence-corrected chi connectivity index (χ4v) is 3.03. The molecule has 1 amide bonds. The number of hydrogen-bond donors (Lipinski definition) is 0. The zero-order valence-corrected chi connectivity index (χ0v) is 11.7. The van der Waals surface area contributed by atoms with Crippen molar-refractivity contribution in [3.05, 3.63) is 23.7 Å². The first-order chi connectivity index (χ1) is 8.20. The predicted octanol–water partition coefficient (Wildman–Crippen LogP) is 3.23. The maximum atomic E-state index is 12.2. The highest BCUT2D eigenvalue weighted by molar-refractivity contribution is 9.09. The molecule has 1 aromatic heterocycles. The third-order valence-electron chi connectivity index (χ3n) is 3.30. The number of nitrogens with zero attached hydrogens (tertiary/aromatic N) is 1. The molecule has 94 valence electrons. The number of halogens is 1. The molecule has 1 atom stereocenters. The van der Waals surface area contributed by atoms with Crippen molar-refractivity contribution in [3.8, 4) is 0 Å². The van der Waals surface area contributed by atoms with Gasteiger partial charge in [-0.2, -0.15) is 0 Å². The smallest absolute Gasteiger partial charge is 0.257 e. The molecule has 4 heteroatoms. The molecular weight excluding hydrogens is 282 g/mol. The Bertz CT molecular complexity index is 387. The van der Waals surface area contributed by atoms with Gasteiger partial charge in [-0.15, -0.1) is 0 Å². The van der Waals surface area contributed by atoms with Crippen LogP contribution in [0.4, 0.5) is 0 Å². The summed E-state index contributed by atoms with van der Waals surface area (Å²) in [5.41, 5.74) is 0.682. The minimum Gasteiger partial charge on any atom is -0.469 e. The molecule has 0 saturated carbocycles. The topological polar surface area (TPSA) is 33.5 Å². The molecule has 1 aliphatic heterocycles. The van der Waals surface area contributed by atoms with E-state index in [1.165, 1.54) is 6.42 Å². The van der Waals surface area contributed by atoms with Gasteiger partial charge in [-0.3, -0.25) is 4.79 Å². The lowest BCUT2D eigenvalue weighted by Crippen LogP contribution is -2.39. The van der Waals surface area contributed by atoms with Crippen molar-refractivity contribution in [1.82, 2.24) is 4.90 Å². The van der Waals surface area contributed by atoms with Crippen molar-refractivity contribution in [1.29, 1.82) is 0 Å². The minimum atomic E-state index is 0.112. The highest BCUT2D eigenvalue weighted by atomic mass is 79.9. The van der Waals surface area contributed by atoms with Crippen molar-refractivity contribution in [2.75, 3.05) is 18.4 Å². The molecule has 17 heavy (non-hydrogen) atoms. The van der Waals surface area contributed by atoms with Crippen LogP contribution in [0, 0.1) is 12.8 Å². The number of aryl methyl sites for hydroxylation is 1. The molecule has 1 saturated heterocycles. The van der Waals surface area contributed by atoms with Crippen molar-refractivity contribution in [2.24, 2.45) is 5.92 Å². The fraction of sp³-hybridized carbons (Fsp3) is 0.615. The Kier molecular flexibility index (Phi) is 4.26. The van der Waals surface area contributed by atoms with Gasteiger partial charge in [-0.05, 0) is 38.2 Å². The summed E-state index contributed by atoms with van der Waals surface area (Å²) in [6.45, 7) is 3.62. The van der Waals surface area contributed by atoms with Gasteiger partial charge in [0.05, 0.1) is 5.56 Å². The van der Waals surface area contributed by atoms with Gasteiger partial charge < -0.3 is 9.32 Å². The summed E-state index contributed by atoms with van der Waals surface area (Å²) in [6.07, 6.45) is 5.06. The average Bonchev–Trinajstić information content (AvgIpc) is 2.76. The molecule has 2 rings (SSSR count). The zero-order valence-electron chi connectivity index (χ0n) is 10.1. The maximum Gasteiger partial charge on any atom is 0.257 e. The van der Waals surface area contributed by atoms with Gasteiger partial charge in [0.15, 0.2) is 0 Å². The third kappa shape index (κ3) is 3.12. The van der Waals surface area contributed by atoms with E-state index in [1.54, 1.807) is 6.26 Å². The van der Waals surface area contributed by atoms with E-state index in [4.69, 9.17) is 4.42 Å². The van der Waals surface area contributed by atoms with Crippen LogP contribution in [-0.4, -0.2) is 29.2 Å². The zero-order chi connectivity index (χ0) is 12.3.